The summed E-state index contributed by atoms with van der Waals surface area (Å²) in [6.45, 7) is 8.57. The van der Waals surface area contributed by atoms with Crippen molar-refractivity contribution in [3.8, 4) is 0 Å². The molecule has 0 amide bonds. The fourth-order valence-corrected chi connectivity index (χ4v) is 2.39. The molecule has 1 fully saturated rings. The molecule has 1 saturated heterocycles. The lowest BCUT2D eigenvalue weighted by Crippen LogP contribution is -2.30. The first-order chi connectivity index (χ1) is 7.45. The minimum atomic E-state index is 0.0334. The maximum atomic E-state index is 12.0. The Morgan fingerprint density at radius 2 is 2.00 bits per heavy atom. The maximum absolute atomic E-state index is 12.0. The molecule has 16 heavy (non-hydrogen) atoms. The second kappa shape index (κ2) is 5.70. The summed E-state index contributed by atoms with van der Waals surface area (Å²) in [5, 5.41) is 0. The summed E-state index contributed by atoms with van der Waals surface area (Å²) in [5.41, 5.74) is 0.0384. The molecule has 2 atom stereocenters. The molecule has 0 aromatic rings. The minimum absolute atomic E-state index is 0.0334. The Labute approximate surface area is 99.8 Å². The molecule has 1 rings (SSSR count). The Balaban J connectivity index is 2.55. The van der Waals surface area contributed by atoms with Crippen molar-refractivity contribution in [3.63, 3.8) is 0 Å². The van der Waals surface area contributed by atoms with Crippen LogP contribution in [-0.4, -0.2) is 12.1 Å². The van der Waals surface area contributed by atoms with E-state index in [1.165, 1.54) is 6.42 Å². The first-order valence-electron chi connectivity index (χ1n) is 6.65. The average molecular weight is 226 g/mol. The van der Waals surface area contributed by atoms with Crippen LogP contribution >= 0.6 is 0 Å². The van der Waals surface area contributed by atoms with Gasteiger partial charge in [-0.05, 0) is 31.1 Å². The van der Waals surface area contributed by atoms with E-state index in [-0.39, 0.29) is 23.4 Å². The minimum Gasteiger partial charge on any atom is -0.462 e. The number of carbonyl (C=O) groups excluding carboxylic acids is 1. The fourth-order valence-electron chi connectivity index (χ4n) is 2.39. The van der Waals surface area contributed by atoms with Crippen molar-refractivity contribution in [3.05, 3.63) is 0 Å². The lowest BCUT2D eigenvalue weighted by atomic mass is 9.78. The highest BCUT2D eigenvalue weighted by atomic mass is 16.5. The van der Waals surface area contributed by atoms with E-state index >= 15 is 0 Å². The van der Waals surface area contributed by atoms with Gasteiger partial charge in [0.2, 0.25) is 0 Å². The van der Waals surface area contributed by atoms with E-state index in [0.717, 1.165) is 32.1 Å². The zero-order valence-electron chi connectivity index (χ0n) is 11.2. The highest BCUT2D eigenvalue weighted by Crippen LogP contribution is 2.34. The molecule has 0 N–H and O–H groups in total. The monoisotopic (exact) mass is 226 g/mol. The predicted octanol–water partition coefficient (Wildman–Crippen LogP) is 3.93. The summed E-state index contributed by atoms with van der Waals surface area (Å²) in [4.78, 5) is 12.0. The Hall–Kier alpha value is -0.530. The van der Waals surface area contributed by atoms with Crippen molar-refractivity contribution in [1.29, 1.82) is 0 Å². The molecular weight excluding hydrogens is 200 g/mol. The zero-order valence-corrected chi connectivity index (χ0v) is 11.2. The molecule has 1 aliphatic heterocycles. The van der Waals surface area contributed by atoms with Crippen LogP contribution in [-0.2, 0) is 9.53 Å². The van der Waals surface area contributed by atoms with Crippen molar-refractivity contribution < 1.29 is 9.53 Å². The molecule has 0 radical (unpaired) electrons. The Kier molecular flexibility index (Phi) is 4.82. The molecule has 0 aromatic carbocycles. The summed E-state index contributed by atoms with van der Waals surface area (Å²) < 4.78 is 5.61. The molecule has 0 spiro atoms. The third kappa shape index (κ3) is 3.80. The van der Waals surface area contributed by atoms with Gasteiger partial charge in [-0.25, -0.2) is 0 Å². The summed E-state index contributed by atoms with van der Waals surface area (Å²) in [6.07, 6.45) is 6.74. The van der Waals surface area contributed by atoms with Crippen LogP contribution in [0, 0.1) is 11.3 Å². The second-order valence-corrected chi connectivity index (χ2v) is 6.05. The van der Waals surface area contributed by atoms with Crippen LogP contribution in [0.5, 0.6) is 0 Å². The summed E-state index contributed by atoms with van der Waals surface area (Å²) >= 11 is 0. The van der Waals surface area contributed by atoms with Crippen LogP contribution in [0.15, 0.2) is 0 Å². The van der Waals surface area contributed by atoms with Crippen LogP contribution in [0.4, 0.5) is 0 Å². The number of carbonyl (C=O) groups is 1. The normalized spacial score (nSPS) is 27.4. The summed E-state index contributed by atoms with van der Waals surface area (Å²) in [6, 6.07) is 0. The van der Waals surface area contributed by atoms with Crippen molar-refractivity contribution in [2.45, 2.75) is 72.3 Å². The quantitative estimate of drug-likeness (QED) is 0.681. The van der Waals surface area contributed by atoms with Gasteiger partial charge in [0.1, 0.15) is 6.10 Å². The lowest BCUT2D eigenvalue weighted by molar-refractivity contribution is -0.156. The molecular formula is C14H26O2. The highest BCUT2D eigenvalue weighted by molar-refractivity contribution is 5.73. The molecule has 1 aliphatic rings. The van der Waals surface area contributed by atoms with E-state index in [2.05, 4.69) is 27.7 Å². The van der Waals surface area contributed by atoms with Gasteiger partial charge in [-0.3, -0.25) is 4.79 Å². The number of ether oxygens (including phenoxy) is 1. The van der Waals surface area contributed by atoms with Gasteiger partial charge in [0.25, 0.3) is 0 Å². The fraction of sp³-hybridized carbons (Fsp3) is 0.929. The Morgan fingerprint density at radius 3 is 2.56 bits per heavy atom. The van der Waals surface area contributed by atoms with Crippen LogP contribution in [0.1, 0.15) is 66.2 Å². The number of hydrogen-bond acceptors (Lipinski definition) is 2. The van der Waals surface area contributed by atoms with Gasteiger partial charge in [0, 0.05) is 0 Å². The SMILES string of the molecule is CCCCC1CCCC(C(C)(C)C)C(=O)O1. The van der Waals surface area contributed by atoms with Crippen LogP contribution < -0.4 is 0 Å². The van der Waals surface area contributed by atoms with Gasteiger partial charge in [0.15, 0.2) is 0 Å². The molecule has 2 unspecified atom stereocenters. The Bertz CT molecular complexity index is 227. The largest absolute Gasteiger partial charge is 0.462 e. The smallest absolute Gasteiger partial charge is 0.309 e. The molecule has 94 valence electrons. The van der Waals surface area contributed by atoms with Gasteiger partial charge in [-0.1, -0.05) is 40.5 Å². The molecule has 2 heteroatoms. The Morgan fingerprint density at radius 1 is 1.31 bits per heavy atom. The average Bonchev–Trinajstić information content (AvgIpc) is 2.35. The standard InChI is InChI=1S/C14H26O2/c1-5-6-8-11-9-7-10-12(13(15)16-11)14(2,3)4/h11-12H,5-10H2,1-4H3. The topological polar surface area (TPSA) is 26.3 Å². The first kappa shape index (κ1) is 13.5. The van der Waals surface area contributed by atoms with Crippen molar-refractivity contribution in [2.24, 2.45) is 11.3 Å². The maximum Gasteiger partial charge on any atom is 0.309 e. The molecule has 1 heterocycles. The molecule has 0 aromatic heterocycles. The van der Waals surface area contributed by atoms with E-state index < -0.39 is 0 Å². The molecule has 0 aliphatic carbocycles. The van der Waals surface area contributed by atoms with Gasteiger partial charge in [0.05, 0.1) is 5.92 Å². The van der Waals surface area contributed by atoms with Crippen LogP contribution in [0.25, 0.3) is 0 Å². The molecule has 0 bridgehead atoms. The van der Waals surface area contributed by atoms with Crippen LogP contribution in [0.2, 0.25) is 0 Å². The van der Waals surface area contributed by atoms with E-state index in [9.17, 15) is 4.79 Å². The number of rotatable bonds is 3. The second-order valence-electron chi connectivity index (χ2n) is 6.05. The zero-order chi connectivity index (χ0) is 12.2. The van der Waals surface area contributed by atoms with E-state index in [4.69, 9.17) is 4.74 Å². The van der Waals surface area contributed by atoms with Gasteiger partial charge < -0.3 is 4.74 Å². The summed E-state index contributed by atoms with van der Waals surface area (Å²) in [7, 11) is 0. The highest BCUT2D eigenvalue weighted by Gasteiger charge is 2.35. The van der Waals surface area contributed by atoms with Crippen LogP contribution in [0.3, 0.4) is 0 Å². The van der Waals surface area contributed by atoms with Crippen molar-refractivity contribution in [1.82, 2.24) is 0 Å². The molecule has 0 saturated carbocycles. The van der Waals surface area contributed by atoms with Gasteiger partial charge >= 0.3 is 5.97 Å². The molecule has 2 nitrogen and oxygen atoms in total. The van der Waals surface area contributed by atoms with E-state index in [0.29, 0.717) is 0 Å². The number of cyclic esters (lactones) is 1. The van der Waals surface area contributed by atoms with Crippen molar-refractivity contribution in [2.75, 3.05) is 0 Å². The third-order valence-electron chi connectivity index (χ3n) is 3.51. The van der Waals surface area contributed by atoms with Gasteiger partial charge in [-0.15, -0.1) is 0 Å². The number of hydrogen-bond donors (Lipinski definition) is 0. The third-order valence-corrected chi connectivity index (χ3v) is 3.51. The number of esters is 1. The van der Waals surface area contributed by atoms with E-state index in [1.807, 2.05) is 0 Å². The lowest BCUT2D eigenvalue weighted by Gasteiger charge is -2.27. The predicted molar refractivity (Wildman–Crippen MR) is 66.2 cm³/mol. The first-order valence-corrected chi connectivity index (χ1v) is 6.65. The summed E-state index contributed by atoms with van der Waals surface area (Å²) in [5.74, 6) is 0.116. The number of unbranched alkanes of at least 4 members (excludes halogenated alkanes) is 1. The van der Waals surface area contributed by atoms with Gasteiger partial charge in [-0.2, -0.15) is 0 Å². The van der Waals surface area contributed by atoms with E-state index in [1.54, 1.807) is 0 Å². The van der Waals surface area contributed by atoms with Crippen molar-refractivity contribution >= 4 is 5.97 Å².